The van der Waals surface area contributed by atoms with Gasteiger partial charge in [0, 0.05) is 19.0 Å². The molecule has 0 aromatic carbocycles. The lowest BCUT2D eigenvalue weighted by molar-refractivity contribution is -0.146. The number of carbonyl (C=O) groups excluding carboxylic acids is 1. The molecule has 0 radical (unpaired) electrons. The zero-order valence-electron chi connectivity index (χ0n) is 9.56. The van der Waals surface area contributed by atoms with Gasteiger partial charge in [-0.1, -0.05) is 20.8 Å². The second kappa shape index (κ2) is 6.40. The molecule has 1 atom stereocenters. The molecule has 0 aliphatic heterocycles. The van der Waals surface area contributed by atoms with Crippen molar-refractivity contribution in [3.8, 4) is 0 Å². The second-order valence-electron chi connectivity index (χ2n) is 4.14. The Morgan fingerprint density at radius 1 is 1.33 bits per heavy atom. The molecule has 0 fully saturated rings. The van der Waals surface area contributed by atoms with Crippen LogP contribution in [0.3, 0.4) is 0 Å². The first kappa shape index (κ1) is 13.9. The van der Waals surface area contributed by atoms with Gasteiger partial charge in [0.1, 0.15) is 6.54 Å². The predicted molar refractivity (Wildman–Crippen MR) is 57.3 cm³/mol. The monoisotopic (exact) mass is 216 g/mol. The summed E-state index contributed by atoms with van der Waals surface area (Å²) < 4.78 is 0. The fourth-order valence-electron chi connectivity index (χ4n) is 1.25. The summed E-state index contributed by atoms with van der Waals surface area (Å²) in [4.78, 5) is 23.7. The molecule has 88 valence electrons. The summed E-state index contributed by atoms with van der Waals surface area (Å²) in [5.74, 6) is -1.25. The highest BCUT2D eigenvalue weighted by Crippen LogP contribution is 2.05. The first-order chi connectivity index (χ1) is 6.88. The minimum absolute atomic E-state index is 0.186. The summed E-state index contributed by atoms with van der Waals surface area (Å²) in [5.41, 5.74) is 5.38. The van der Waals surface area contributed by atoms with Crippen molar-refractivity contribution in [1.82, 2.24) is 4.90 Å². The van der Waals surface area contributed by atoms with E-state index in [2.05, 4.69) is 0 Å². The summed E-state index contributed by atoms with van der Waals surface area (Å²) in [7, 11) is 0. The SMILES string of the molecule is CC(C)CN(CC(=O)O)C(=O)C(C)CN. The summed E-state index contributed by atoms with van der Waals surface area (Å²) in [6, 6.07) is 0. The number of hydrogen-bond donors (Lipinski definition) is 2. The van der Waals surface area contributed by atoms with Crippen molar-refractivity contribution in [1.29, 1.82) is 0 Å². The van der Waals surface area contributed by atoms with E-state index in [0.717, 1.165) is 0 Å². The van der Waals surface area contributed by atoms with E-state index in [-0.39, 0.29) is 30.8 Å². The molecule has 0 aliphatic rings. The Morgan fingerprint density at radius 2 is 1.87 bits per heavy atom. The standard InChI is InChI=1S/C10H20N2O3/c1-7(2)5-12(6-9(13)14)10(15)8(3)4-11/h7-8H,4-6,11H2,1-3H3,(H,13,14). The van der Waals surface area contributed by atoms with Gasteiger partial charge in [0.15, 0.2) is 0 Å². The fraction of sp³-hybridized carbons (Fsp3) is 0.800. The Balaban J connectivity index is 4.47. The molecule has 0 saturated carbocycles. The lowest BCUT2D eigenvalue weighted by Gasteiger charge is -2.25. The van der Waals surface area contributed by atoms with Gasteiger partial charge >= 0.3 is 5.97 Å². The smallest absolute Gasteiger partial charge is 0.323 e. The number of nitrogens with two attached hydrogens (primary N) is 1. The predicted octanol–water partition coefficient (Wildman–Crippen LogP) is 0.150. The third kappa shape index (κ3) is 5.37. The van der Waals surface area contributed by atoms with E-state index >= 15 is 0 Å². The van der Waals surface area contributed by atoms with Crippen LogP contribution >= 0.6 is 0 Å². The Morgan fingerprint density at radius 3 is 2.20 bits per heavy atom. The highest BCUT2D eigenvalue weighted by Gasteiger charge is 2.21. The first-order valence-electron chi connectivity index (χ1n) is 5.09. The summed E-state index contributed by atoms with van der Waals surface area (Å²) in [6.07, 6.45) is 0. The minimum Gasteiger partial charge on any atom is -0.480 e. The molecular weight excluding hydrogens is 196 g/mol. The molecule has 0 heterocycles. The van der Waals surface area contributed by atoms with Crippen molar-refractivity contribution in [2.75, 3.05) is 19.6 Å². The van der Waals surface area contributed by atoms with Gasteiger partial charge in [-0.25, -0.2) is 0 Å². The van der Waals surface area contributed by atoms with Gasteiger partial charge < -0.3 is 15.7 Å². The maximum atomic E-state index is 11.7. The van der Waals surface area contributed by atoms with Gasteiger partial charge in [0.05, 0.1) is 0 Å². The van der Waals surface area contributed by atoms with E-state index in [9.17, 15) is 9.59 Å². The molecule has 5 heteroatoms. The molecule has 0 spiro atoms. The van der Waals surface area contributed by atoms with Crippen LogP contribution < -0.4 is 5.73 Å². The minimum atomic E-state index is -0.992. The molecule has 1 unspecified atom stereocenters. The topological polar surface area (TPSA) is 83.6 Å². The molecule has 0 aliphatic carbocycles. The van der Waals surface area contributed by atoms with Crippen molar-refractivity contribution >= 4 is 11.9 Å². The van der Waals surface area contributed by atoms with E-state index in [1.54, 1.807) is 6.92 Å². The summed E-state index contributed by atoms with van der Waals surface area (Å²) in [5, 5.41) is 8.68. The summed E-state index contributed by atoms with van der Waals surface area (Å²) in [6.45, 7) is 6.03. The van der Waals surface area contributed by atoms with Crippen LogP contribution in [0.1, 0.15) is 20.8 Å². The van der Waals surface area contributed by atoms with Gasteiger partial charge in [-0.15, -0.1) is 0 Å². The van der Waals surface area contributed by atoms with Crippen LogP contribution in [0.25, 0.3) is 0 Å². The molecule has 0 bridgehead atoms. The number of amides is 1. The van der Waals surface area contributed by atoms with Crippen LogP contribution in [0.15, 0.2) is 0 Å². The number of rotatable bonds is 6. The highest BCUT2D eigenvalue weighted by atomic mass is 16.4. The van der Waals surface area contributed by atoms with Crippen LogP contribution in [0, 0.1) is 11.8 Å². The normalized spacial score (nSPS) is 12.6. The number of carboxylic acids is 1. The van der Waals surface area contributed by atoms with Crippen LogP contribution in [0.5, 0.6) is 0 Å². The van der Waals surface area contributed by atoms with Crippen molar-refractivity contribution < 1.29 is 14.7 Å². The van der Waals surface area contributed by atoms with Gasteiger partial charge in [-0.05, 0) is 5.92 Å². The zero-order valence-corrected chi connectivity index (χ0v) is 9.56. The van der Waals surface area contributed by atoms with E-state index in [4.69, 9.17) is 10.8 Å². The quantitative estimate of drug-likeness (QED) is 0.662. The number of aliphatic carboxylic acids is 1. The fourth-order valence-corrected chi connectivity index (χ4v) is 1.25. The molecular formula is C10H20N2O3. The molecule has 0 rings (SSSR count). The molecule has 0 aromatic heterocycles. The zero-order chi connectivity index (χ0) is 12.0. The lowest BCUT2D eigenvalue weighted by Crippen LogP contribution is -2.42. The van der Waals surface area contributed by atoms with E-state index < -0.39 is 5.97 Å². The highest BCUT2D eigenvalue weighted by molar-refractivity contribution is 5.83. The molecule has 5 nitrogen and oxygen atoms in total. The van der Waals surface area contributed by atoms with E-state index in [1.807, 2.05) is 13.8 Å². The third-order valence-electron chi connectivity index (χ3n) is 2.00. The molecule has 3 N–H and O–H groups in total. The largest absolute Gasteiger partial charge is 0.480 e. The van der Waals surface area contributed by atoms with Crippen molar-refractivity contribution in [3.63, 3.8) is 0 Å². The maximum absolute atomic E-state index is 11.7. The number of carboxylic acid groups (broad SMARTS) is 1. The number of carbonyl (C=O) groups is 2. The lowest BCUT2D eigenvalue weighted by atomic mass is 10.1. The number of hydrogen-bond acceptors (Lipinski definition) is 3. The Labute approximate surface area is 90.2 Å². The average molecular weight is 216 g/mol. The van der Waals surface area contributed by atoms with Crippen molar-refractivity contribution in [3.05, 3.63) is 0 Å². The second-order valence-corrected chi connectivity index (χ2v) is 4.14. The van der Waals surface area contributed by atoms with E-state index in [1.165, 1.54) is 4.90 Å². The van der Waals surface area contributed by atoms with Crippen molar-refractivity contribution in [2.24, 2.45) is 17.6 Å². The van der Waals surface area contributed by atoms with Gasteiger partial charge in [0.25, 0.3) is 0 Å². The molecule has 0 aromatic rings. The summed E-state index contributed by atoms with van der Waals surface area (Å²) >= 11 is 0. The van der Waals surface area contributed by atoms with Crippen LogP contribution in [-0.2, 0) is 9.59 Å². The first-order valence-corrected chi connectivity index (χ1v) is 5.09. The van der Waals surface area contributed by atoms with Crippen molar-refractivity contribution in [2.45, 2.75) is 20.8 Å². The Bertz CT molecular complexity index is 229. The van der Waals surface area contributed by atoms with Gasteiger partial charge in [-0.3, -0.25) is 9.59 Å². The third-order valence-corrected chi connectivity index (χ3v) is 2.00. The number of nitrogens with zero attached hydrogens (tertiary/aromatic N) is 1. The average Bonchev–Trinajstić information content (AvgIpc) is 2.13. The molecule has 0 saturated heterocycles. The molecule has 15 heavy (non-hydrogen) atoms. The molecule has 1 amide bonds. The maximum Gasteiger partial charge on any atom is 0.323 e. The van der Waals surface area contributed by atoms with Crippen LogP contribution in [-0.4, -0.2) is 41.5 Å². The van der Waals surface area contributed by atoms with Gasteiger partial charge in [0.2, 0.25) is 5.91 Å². The Hall–Kier alpha value is -1.10. The van der Waals surface area contributed by atoms with Crippen LogP contribution in [0.4, 0.5) is 0 Å². The van der Waals surface area contributed by atoms with Gasteiger partial charge in [-0.2, -0.15) is 0 Å². The Kier molecular flexibility index (Phi) is 5.93. The van der Waals surface area contributed by atoms with E-state index in [0.29, 0.717) is 6.54 Å². The van der Waals surface area contributed by atoms with Crippen LogP contribution in [0.2, 0.25) is 0 Å².